The Morgan fingerprint density at radius 1 is 1.04 bits per heavy atom. The lowest BCUT2D eigenvalue weighted by atomic mass is 9.99. The standard InChI is InChI=1S/C21H25Cl3N2/c1-2-16-15-18(7-8-20(16)26-13-11-25-12-14-26)21(23,24)10-9-17-5-3-4-6-19(17)22/h3-8,15,25H,2,9-14H2,1H3. The van der Waals surface area contributed by atoms with E-state index in [1.807, 2.05) is 24.3 Å². The SMILES string of the molecule is CCc1cc(C(Cl)(Cl)CCc2ccccc2Cl)ccc1N1CCNCC1. The second-order valence-electron chi connectivity index (χ2n) is 6.73. The molecule has 1 fully saturated rings. The summed E-state index contributed by atoms with van der Waals surface area (Å²) in [6, 6.07) is 14.3. The molecule has 3 rings (SSSR count). The van der Waals surface area contributed by atoms with Gasteiger partial charge in [0.05, 0.1) is 0 Å². The third kappa shape index (κ3) is 4.67. The number of aryl methyl sites for hydroxylation is 2. The minimum absolute atomic E-state index is 0.621. The van der Waals surface area contributed by atoms with Crippen molar-refractivity contribution in [2.75, 3.05) is 31.1 Å². The largest absolute Gasteiger partial charge is 0.369 e. The molecular formula is C21H25Cl3N2. The van der Waals surface area contributed by atoms with E-state index in [9.17, 15) is 0 Å². The fourth-order valence-electron chi connectivity index (χ4n) is 3.45. The first-order chi connectivity index (χ1) is 12.5. The van der Waals surface area contributed by atoms with Gasteiger partial charge >= 0.3 is 0 Å². The molecule has 1 saturated heterocycles. The Bertz CT molecular complexity index is 740. The van der Waals surface area contributed by atoms with Crippen LogP contribution < -0.4 is 10.2 Å². The number of rotatable bonds is 6. The summed E-state index contributed by atoms with van der Waals surface area (Å²) >= 11 is 19.7. The molecule has 0 unspecified atom stereocenters. The van der Waals surface area contributed by atoms with Crippen molar-refractivity contribution in [1.82, 2.24) is 5.32 Å². The van der Waals surface area contributed by atoms with Gasteiger partial charge in [0.1, 0.15) is 4.33 Å². The predicted octanol–water partition coefficient (Wildman–Crippen LogP) is 5.58. The van der Waals surface area contributed by atoms with E-state index >= 15 is 0 Å². The van der Waals surface area contributed by atoms with Gasteiger partial charge in [-0.05, 0) is 48.1 Å². The Balaban J connectivity index is 1.77. The molecule has 0 saturated carbocycles. The van der Waals surface area contributed by atoms with E-state index in [1.165, 1.54) is 11.3 Å². The fourth-order valence-corrected chi connectivity index (χ4v) is 4.10. The average Bonchev–Trinajstić information content (AvgIpc) is 2.67. The summed E-state index contributed by atoms with van der Waals surface area (Å²) < 4.78 is -0.926. The Kier molecular flexibility index (Phi) is 6.74. The molecule has 0 amide bonds. The lowest BCUT2D eigenvalue weighted by Gasteiger charge is -2.32. The highest BCUT2D eigenvalue weighted by Crippen LogP contribution is 2.40. The summed E-state index contributed by atoms with van der Waals surface area (Å²) in [5.41, 5.74) is 4.64. The van der Waals surface area contributed by atoms with Crippen LogP contribution >= 0.6 is 34.8 Å². The minimum Gasteiger partial charge on any atom is -0.369 e. The van der Waals surface area contributed by atoms with E-state index in [4.69, 9.17) is 34.8 Å². The van der Waals surface area contributed by atoms with Gasteiger partial charge in [-0.15, -0.1) is 0 Å². The lowest BCUT2D eigenvalue weighted by molar-refractivity contribution is 0.587. The first-order valence-electron chi connectivity index (χ1n) is 9.21. The van der Waals surface area contributed by atoms with E-state index in [0.717, 1.165) is 55.2 Å². The average molecular weight is 412 g/mol. The van der Waals surface area contributed by atoms with Crippen LogP contribution in [0, 0.1) is 0 Å². The number of benzene rings is 2. The van der Waals surface area contributed by atoms with E-state index in [0.29, 0.717) is 6.42 Å². The molecule has 0 spiro atoms. The highest BCUT2D eigenvalue weighted by molar-refractivity contribution is 6.48. The smallest absolute Gasteiger partial charge is 0.143 e. The van der Waals surface area contributed by atoms with Crippen molar-refractivity contribution in [3.63, 3.8) is 0 Å². The molecular weight excluding hydrogens is 387 g/mol. The first kappa shape index (κ1) is 19.8. The van der Waals surface area contributed by atoms with Crippen LogP contribution in [-0.2, 0) is 17.2 Å². The normalized spacial score (nSPS) is 15.3. The topological polar surface area (TPSA) is 15.3 Å². The Morgan fingerprint density at radius 2 is 1.77 bits per heavy atom. The van der Waals surface area contributed by atoms with Crippen LogP contribution in [0.5, 0.6) is 0 Å². The lowest BCUT2D eigenvalue weighted by Crippen LogP contribution is -2.43. The molecule has 5 heteroatoms. The van der Waals surface area contributed by atoms with Crippen molar-refractivity contribution in [1.29, 1.82) is 0 Å². The van der Waals surface area contributed by atoms with Gasteiger partial charge in [-0.25, -0.2) is 0 Å². The number of halogens is 3. The maximum Gasteiger partial charge on any atom is 0.143 e. The van der Waals surface area contributed by atoms with Crippen molar-refractivity contribution >= 4 is 40.5 Å². The summed E-state index contributed by atoms with van der Waals surface area (Å²) in [5.74, 6) is 0. The molecule has 1 heterocycles. The van der Waals surface area contributed by atoms with E-state index < -0.39 is 4.33 Å². The van der Waals surface area contributed by atoms with Crippen molar-refractivity contribution in [3.05, 3.63) is 64.2 Å². The van der Waals surface area contributed by atoms with Gasteiger partial charge < -0.3 is 10.2 Å². The maximum atomic E-state index is 6.73. The van der Waals surface area contributed by atoms with Gasteiger partial charge in [0.15, 0.2) is 0 Å². The molecule has 140 valence electrons. The molecule has 2 aromatic carbocycles. The zero-order valence-corrected chi connectivity index (χ0v) is 17.3. The molecule has 1 N–H and O–H groups in total. The van der Waals surface area contributed by atoms with Gasteiger partial charge in [-0.3, -0.25) is 0 Å². The number of piperazine rings is 1. The van der Waals surface area contributed by atoms with Gasteiger partial charge in [0.25, 0.3) is 0 Å². The third-order valence-electron chi connectivity index (χ3n) is 5.01. The summed E-state index contributed by atoms with van der Waals surface area (Å²) in [6.07, 6.45) is 2.32. The van der Waals surface area contributed by atoms with Crippen LogP contribution in [-0.4, -0.2) is 26.2 Å². The highest BCUT2D eigenvalue weighted by Gasteiger charge is 2.28. The Hall–Kier alpha value is -0.930. The third-order valence-corrected chi connectivity index (χ3v) is 6.19. The number of alkyl halides is 2. The number of hydrogen-bond donors (Lipinski definition) is 1. The van der Waals surface area contributed by atoms with Gasteiger partial charge in [0, 0.05) is 36.9 Å². The van der Waals surface area contributed by atoms with Crippen LogP contribution in [0.4, 0.5) is 5.69 Å². The molecule has 0 aromatic heterocycles. The van der Waals surface area contributed by atoms with Crippen LogP contribution in [0.15, 0.2) is 42.5 Å². The quantitative estimate of drug-likeness (QED) is 0.625. The minimum atomic E-state index is -0.926. The fraction of sp³-hybridized carbons (Fsp3) is 0.429. The van der Waals surface area contributed by atoms with Crippen molar-refractivity contribution in [2.24, 2.45) is 0 Å². The molecule has 0 bridgehead atoms. The molecule has 2 aromatic rings. The second-order valence-corrected chi connectivity index (χ2v) is 8.62. The highest BCUT2D eigenvalue weighted by atomic mass is 35.5. The molecule has 2 nitrogen and oxygen atoms in total. The van der Waals surface area contributed by atoms with Crippen LogP contribution in [0.1, 0.15) is 30.0 Å². The molecule has 0 aliphatic carbocycles. The monoisotopic (exact) mass is 410 g/mol. The van der Waals surface area contributed by atoms with Crippen molar-refractivity contribution < 1.29 is 0 Å². The molecule has 26 heavy (non-hydrogen) atoms. The van der Waals surface area contributed by atoms with Gasteiger partial charge in [0.2, 0.25) is 0 Å². The maximum absolute atomic E-state index is 6.73. The Morgan fingerprint density at radius 3 is 2.46 bits per heavy atom. The van der Waals surface area contributed by atoms with E-state index in [-0.39, 0.29) is 0 Å². The van der Waals surface area contributed by atoms with Crippen LogP contribution in [0.2, 0.25) is 5.02 Å². The van der Waals surface area contributed by atoms with Crippen LogP contribution in [0.25, 0.3) is 0 Å². The van der Waals surface area contributed by atoms with Gasteiger partial charge in [-0.1, -0.05) is 72.1 Å². The second kappa shape index (κ2) is 8.84. The summed E-state index contributed by atoms with van der Waals surface area (Å²) in [7, 11) is 0. The molecule has 0 atom stereocenters. The predicted molar refractivity (Wildman–Crippen MR) is 114 cm³/mol. The zero-order valence-electron chi connectivity index (χ0n) is 15.1. The molecule has 1 aliphatic heterocycles. The first-order valence-corrected chi connectivity index (χ1v) is 10.3. The zero-order chi connectivity index (χ0) is 18.6. The Labute approximate surface area is 171 Å². The van der Waals surface area contributed by atoms with Crippen molar-refractivity contribution in [3.8, 4) is 0 Å². The van der Waals surface area contributed by atoms with Gasteiger partial charge in [-0.2, -0.15) is 0 Å². The summed E-state index contributed by atoms with van der Waals surface area (Å²) in [4.78, 5) is 2.44. The summed E-state index contributed by atoms with van der Waals surface area (Å²) in [5, 5.41) is 4.16. The number of hydrogen-bond acceptors (Lipinski definition) is 2. The summed E-state index contributed by atoms with van der Waals surface area (Å²) in [6.45, 7) is 6.30. The number of anilines is 1. The molecule has 0 radical (unpaired) electrons. The van der Waals surface area contributed by atoms with Crippen molar-refractivity contribution in [2.45, 2.75) is 30.5 Å². The molecule has 1 aliphatic rings. The number of nitrogens with zero attached hydrogens (tertiary/aromatic N) is 1. The number of nitrogens with one attached hydrogen (secondary N) is 1. The van der Waals surface area contributed by atoms with E-state index in [2.05, 4.69) is 35.3 Å². The van der Waals surface area contributed by atoms with E-state index in [1.54, 1.807) is 0 Å². The van der Waals surface area contributed by atoms with Crippen LogP contribution in [0.3, 0.4) is 0 Å².